The molecule has 7 nitrogen and oxygen atoms in total. The Morgan fingerprint density at radius 3 is 2.37 bits per heavy atom. The van der Waals surface area contributed by atoms with E-state index in [0.717, 1.165) is 25.7 Å². The van der Waals surface area contributed by atoms with Gasteiger partial charge in [-0.25, -0.2) is 28.7 Å². The number of hydrogen-bond donors (Lipinski definition) is 1. The maximum Gasteiger partial charge on any atom is 0.229 e. The first-order chi connectivity index (χ1) is 18.2. The molecule has 3 aromatic heterocycles. The number of hydrogen-bond acceptors (Lipinski definition) is 6. The molecule has 0 aliphatic carbocycles. The van der Waals surface area contributed by atoms with Crippen molar-refractivity contribution in [3.63, 3.8) is 0 Å². The van der Waals surface area contributed by atoms with Crippen molar-refractivity contribution >= 4 is 22.8 Å². The molecule has 0 amide bonds. The number of pyridine rings is 1. The highest BCUT2D eigenvalue weighted by Crippen LogP contribution is 2.30. The molecule has 1 aliphatic rings. The number of rotatable bonds is 7. The van der Waals surface area contributed by atoms with Gasteiger partial charge in [0, 0.05) is 23.8 Å². The molecule has 0 unspecified atom stereocenters. The molecular weight excluding hydrogens is 484 g/mol. The zero-order valence-electron chi connectivity index (χ0n) is 22.7. The first-order valence-corrected chi connectivity index (χ1v) is 13.4. The quantitative estimate of drug-likeness (QED) is 0.302. The molecule has 0 saturated carbocycles. The number of benzene rings is 1. The summed E-state index contributed by atoms with van der Waals surface area (Å²) in [7, 11) is 0. The Kier molecular flexibility index (Phi) is 7.38. The fourth-order valence-corrected chi connectivity index (χ4v) is 5.43. The lowest BCUT2D eigenvalue weighted by atomic mass is 9.90. The van der Waals surface area contributed by atoms with Gasteiger partial charge >= 0.3 is 0 Å². The number of likely N-dealkylation sites (tertiary alicyclic amines) is 1. The molecule has 4 aromatic rings. The highest BCUT2D eigenvalue weighted by atomic mass is 19.1. The molecule has 1 aromatic carbocycles. The van der Waals surface area contributed by atoms with Gasteiger partial charge in [0.05, 0.1) is 11.7 Å². The van der Waals surface area contributed by atoms with Crippen LogP contribution in [0.3, 0.4) is 0 Å². The molecule has 9 heteroatoms. The van der Waals surface area contributed by atoms with Crippen molar-refractivity contribution in [1.29, 1.82) is 0 Å². The maximum atomic E-state index is 15.0. The van der Waals surface area contributed by atoms with E-state index in [-0.39, 0.29) is 23.2 Å². The van der Waals surface area contributed by atoms with Gasteiger partial charge < -0.3 is 14.8 Å². The van der Waals surface area contributed by atoms with Crippen molar-refractivity contribution in [3.05, 3.63) is 59.7 Å². The fourth-order valence-electron chi connectivity index (χ4n) is 5.43. The largest absolute Gasteiger partial charge is 0.326 e. The van der Waals surface area contributed by atoms with E-state index in [2.05, 4.69) is 50.1 Å². The Balaban J connectivity index is 1.33. The number of fused-ring (bicyclic) bond motifs is 1. The number of aromatic nitrogens is 5. The summed E-state index contributed by atoms with van der Waals surface area (Å²) in [6, 6.07) is 7.63. The van der Waals surface area contributed by atoms with Gasteiger partial charge in [-0.1, -0.05) is 6.07 Å². The zero-order valence-corrected chi connectivity index (χ0v) is 22.7. The maximum absolute atomic E-state index is 15.0. The molecule has 200 valence electrons. The lowest BCUT2D eigenvalue weighted by molar-refractivity contribution is 0.149. The highest BCUT2D eigenvalue weighted by molar-refractivity contribution is 5.83. The van der Waals surface area contributed by atoms with Crippen LogP contribution in [0.15, 0.2) is 36.7 Å². The average molecular weight is 520 g/mol. The van der Waals surface area contributed by atoms with E-state index in [4.69, 9.17) is 0 Å². The smallest absolute Gasteiger partial charge is 0.229 e. The van der Waals surface area contributed by atoms with Crippen LogP contribution in [0.2, 0.25) is 0 Å². The molecule has 0 spiro atoms. The van der Waals surface area contributed by atoms with E-state index < -0.39 is 11.6 Å². The Hall–Kier alpha value is -3.46. The molecule has 1 fully saturated rings. The monoisotopic (exact) mass is 519 g/mol. The van der Waals surface area contributed by atoms with Crippen molar-refractivity contribution in [1.82, 2.24) is 29.4 Å². The number of halogens is 2. The van der Waals surface area contributed by atoms with Crippen molar-refractivity contribution in [2.24, 2.45) is 5.92 Å². The molecule has 1 saturated heterocycles. The van der Waals surface area contributed by atoms with Crippen LogP contribution in [-0.2, 0) is 6.42 Å². The second kappa shape index (κ2) is 10.7. The van der Waals surface area contributed by atoms with Crippen LogP contribution in [-0.4, -0.2) is 48.5 Å². The summed E-state index contributed by atoms with van der Waals surface area (Å²) in [5.41, 5.74) is 2.41. The van der Waals surface area contributed by atoms with Crippen LogP contribution in [0.5, 0.6) is 0 Å². The molecule has 1 N–H and O–H groups in total. The summed E-state index contributed by atoms with van der Waals surface area (Å²) >= 11 is 0. The summed E-state index contributed by atoms with van der Waals surface area (Å²) in [6.07, 6.45) is 6.38. The molecule has 0 bridgehead atoms. The number of piperidine rings is 1. The normalized spacial score (nSPS) is 15.2. The summed E-state index contributed by atoms with van der Waals surface area (Å²) in [6.45, 7) is 12.6. The fraction of sp³-hybridized carbons (Fsp3) is 0.448. The van der Waals surface area contributed by atoms with Gasteiger partial charge in [0.15, 0.2) is 11.6 Å². The summed E-state index contributed by atoms with van der Waals surface area (Å²) in [4.78, 5) is 19.9. The average Bonchev–Trinajstić information content (AvgIpc) is 3.23. The topological polar surface area (TPSA) is 71.8 Å². The van der Waals surface area contributed by atoms with Crippen LogP contribution >= 0.6 is 0 Å². The van der Waals surface area contributed by atoms with E-state index >= 15 is 0 Å². The van der Waals surface area contributed by atoms with E-state index in [1.807, 2.05) is 37.6 Å². The minimum atomic E-state index is -0.631. The lowest BCUT2D eigenvalue weighted by Crippen LogP contribution is -2.38. The summed E-state index contributed by atoms with van der Waals surface area (Å²) < 4.78 is 31.7. The van der Waals surface area contributed by atoms with Gasteiger partial charge in [0.2, 0.25) is 5.95 Å². The number of anilines is 2. The van der Waals surface area contributed by atoms with Gasteiger partial charge in [0.25, 0.3) is 0 Å². The first kappa shape index (κ1) is 26.2. The Morgan fingerprint density at radius 1 is 0.947 bits per heavy atom. The number of imidazole rings is 1. The predicted molar refractivity (Wildman–Crippen MR) is 146 cm³/mol. The molecule has 0 radical (unpaired) electrons. The van der Waals surface area contributed by atoms with Gasteiger partial charge in [0.1, 0.15) is 22.9 Å². The third-order valence-corrected chi connectivity index (χ3v) is 7.43. The first-order valence-electron chi connectivity index (χ1n) is 13.4. The van der Waals surface area contributed by atoms with Gasteiger partial charge in [-0.2, -0.15) is 0 Å². The van der Waals surface area contributed by atoms with E-state index in [1.54, 1.807) is 6.07 Å². The van der Waals surface area contributed by atoms with Crippen molar-refractivity contribution in [3.8, 4) is 11.3 Å². The van der Waals surface area contributed by atoms with Crippen molar-refractivity contribution in [2.75, 3.05) is 18.4 Å². The van der Waals surface area contributed by atoms with Crippen LogP contribution in [0, 0.1) is 24.5 Å². The molecule has 1 aliphatic heterocycles. The van der Waals surface area contributed by atoms with E-state index in [1.165, 1.54) is 24.5 Å². The molecule has 4 heterocycles. The SMILES string of the molecule is Cc1nc2c(F)cc(-c3nc(Nc4ccc(CC5CCN(C(C)C)CC5)cn4)ncc3F)cc2n1C(C)C. The lowest BCUT2D eigenvalue weighted by Gasteiger charge is -2.34. The minimum Gasteiger partial charge on any atom is -0.326 e. The van der Waals surface area contributed by atoms with Gasteiger partial charge in [-0.05, 0) is 96.7 Å². The minimum absolute atomic E-state index is 0.0156. The second-order valence-corrected chi connectivity index (χ2v) is 10.8. The highest BCUT2D eigenvalue weighted by Gasteiger charge is 2.21. The van der Waals surface area contributed by atoms with Crippen molar-refractivity contribution < 1.29 is 8.78 Å². The van der Waals surface area contributed by atoms with Crippen molar-refractivity contribution in [2.45, 2.75) is 66.0 Å². The third-order valence-electron chi connectivity index (χ3n) is 7.43. The number of aryl methyl sites for hydroxylation is 1. The number of nitrogens with one attached hydrogen (secondary N) is 1. The number of nitrogens with zero attached hydrogens (tertiary/aromatic N) is 6. The van der Waals surface area contributed by atoms with Crippen LogP contribution < -0.4 is 5.32 Å². The molecule has 5 rings (SSSR count). The van der Waals surface area contributed by atoms with E-state index in [0.29, 0.717) is 34.7 Å². The molecular formula is C29H35F2N7. The van der Waals surface area contributed by atoms with Gasteiger partial charge in [-0.15, -0.1) is 0 Å². The van der Waals surface area contributed by atoms with Crippen LogP contribution in [0.4, 0.5) is 20.5 Å². The Labute approximate surface area is 222 Å². The Morgan fingerprint density at radius 2 is 1.71 bits per heavy atom. The second-order valence-electron chi connectivity index (χ2n) is 10.8. The molecule has 0 atom stereocenters. The third kappa shape index (κ3) is 5.38. The summed E-state index contributed by atoms with van der Waals surface area (Å²) in [5.74, 6) is 0.982. The zero-order chi connectivity index (χ0) is 27.0. The Bertz CT molecular complexity index is 1420. The predicted octanol–water partition coefficient (Wildman–Crippen LogP) is 6.46. The van der Waals surface area contributed by atoms with Gasteiger partial charge in [-0.3, -0.25) is 0 Å². The van der Waals surface area contributed by atoms with Crippen LogP contribution in [0.1, 0.15) is 58.0 Å². The summed E-state index contributed by atoms with van der Waals surface area (Å²) in [5, 5.41) is 3.06. The standard InChI is InChI=1S/C29H35F2N7/c1-17(2)37-10-8-20(9-11-37)12-21-6-7-26(32-15-21)35-29-33-16-24(31)27(36-29)22-13-23(30)28-25(14-22)38(18(3)4)19(5)34-28/h6-7,13-18,20H,8-12H2,1-5H3,(H,32,33,35,36). The van der Waals surface area contributed by atoms with E-state index in [9.17, 15) is 8.78 Å². The molecule has 38 heavy (non-hydrogen) atoms. The van der Waals surface area contributed by atoms with Crippen LogP contribution in [0.25, 0.3) is 22.3 Å².